The summed E-state index contributed by atoms with van der Waals surface area (Å²) in [5, 5.41) is 2.17. The van der Waals surface area contributed by atoms with Crippen molar-refractivity contribution in [2.75, 3.05) is 0 Å². The summed E-state index contributed by atoms with van der Waals surface area (Å²) in [6.45, 7) is 12.8. The molecule has 0 bridgehead atoms. The summed E-state index contributed by atoms with van der Waals surface area (Å²) >= 11 is 0. The first kappa shape index (κ1) is 26.4. The third-order valence-corrected chi connectivity index (χ3v) is 5.60. The Balaban J connectivity index is 2.14. The molecule has 0 spiro atoms. The van der Waals surface area contributed by atoms with Gasteiger partial charge in [0.2, 0.25) is 0 Å². The number of allylic oxidation sites excluding steroid dienone is 6. The molecule has 0 aliphatic rings. The molecule has 2 nitrogen and oxygen atoms in total. The van der Waals surface area contributed by atoms with Gasteiger partial charge < -0.3 is 4.74 Å². The zero-order chi connectivity index (χ0) is 24.2. The van der Waals surface area contributed by atoms with Crippen molar-refractivity contribution < 1.29 is 9.53 Å². The summed E-state index contributed by atoms with van der Waals surface area (Å²) in [4.78, 5) is 13.0. The minimum absolute atomic E-state index is 0.269. The minimum atomic E-state index is -0.269. The van der Waals surface area contributed by atoms with Crippen LogP contribution in [0.25, 0.3) is 10.8 Å². The third kappa shape index (κ3) is 10.1. The van der Waals surface area contributed by atoms with Gasteiger partial charge in [0.15, 0.2) is 0 Å². The van der Waals surface area contributed by atoms with Crippen molar-refractivity contribution in [3.8, 4) is 0 Å². The number of fused-ring (bicyclic) bond motifs is 1. The molecular formula is C31H40O2. The highest BCUT2D eigenvalue weighted by Crippen LogP contribution is 2.19. The first-order valence-electron chi connectivity index (χ1n) is 12.0. The van der Waals surface area contributed by atoms with E-state index in [1.807, 2.05) is 36.4 Å². The SMILES string of the molecule is CC(C)=CCC/C(C)=C/CC(/C=C(\C)CCC=C(C)C)OC(=O)c1ccc2ccccc2c1. The maximum absolute atomic E-state index is 13.0. The van der Waals surface area contributed by atoms with Crippen LogP contribution in [0.5, 0.6) is 0 Å². The quantitative estimate of drug-likeness (QED) is 0.255. The van der Waals surface area contributed by atoms with E-state index in [2.05, 4.69) is 71.9 Å². The van der Waals surface area contributed by atoms with E-state index in [0.717, 1.165) is 36.5 Å². The van der Waals surface area contributed by atoms with E-state index in [1.54, 1.807) is 0 Å². The van der Waals surface area contributed by atoms with Crippen molar-refractivity contribution in [2.45, 2.75) is 79.8 Å². The van der Waals surface area contributed by atoms with Crippen LogP contribution in [0.4, 0.5) is 0 Å². The number of carbonyl (C=O) groups excluding carboxylic acids is 1. The molecule has 0 saturated carbocycles. The van der Waals surface area contributed by atoms with Crippen LogP contribution in [0.2, 0.25) is 0 Å². The van der Waals surface area contributed by atoms with Gasteiger partial charge in [-0.3, -0.25) is 0 Å². The maximum Gasteiger partial charge on any atom is 0.338 e. The Morgan fingerprint density at radius 1 is 0.788 bits per heavy atom. The minimum Gasteiger partial charge on any atom is -0.454 e. The molecule has 0 heterocycles. The number of benzene rings is 2. The van der Waals surface area contributed by atoms with Crippen molar-refractivity contribution in [3.63, 3.8) is 0 Å². The van der Waals surface area contributed by atoms with Crippen molar-refractivity contribution in [3.05, 3.63) is 94.6 Å². The van der Waals surface area contributed by atoms with E-state index in [0.29, 0.717) is 12.0 Å². The largest absolute Gasteiger partial charge is 0.454 e. The number of esters is 1. The topological polar surface area (TPSA) is 26.3 Å². The lowest BCUT2D eigenvalue weighted by molar-refractivity contribution is 0.0398. The molecule has 2 aromatic rings. The van der Waals surface area contributed by atoms with Gasteiger partial charge in [-0.1, -0.05) is 70.9 Å². The Hall–Kier alpha value is -2.87. The lowest BCUT2D eigenvalue weighted by Gasteiger charge is -2.15. The molecule has 2 heteroatoms. The van der Waals surface area contributed by atoms with E-state index in [9.17, 15) is 4.79 Å². The molecule has 2 aromatic carbocycles. The molecule has 0 saturated heterocycles. The van der Waals surface area contributed by atoms with Crippen LogP contribution in [0, 0.1) is 0 Å². The molecular weight excluding hydrogens is 404 g/mol. The Morgan fingerprint density at radius 3 is 2.03 bits per heavy atom. The van der Waals surface area contributed by atoms with Crippen LogP contribution < -0.4 is 0 Å². The Kier molecular flexibility index (Phi) is 10.9. The van der Waals surface area contributed by atoms with E-state index >= 15 is 0 Å². The van der Waals surface area contributed by atoms with E-state index < -0.39 is 0 Å². The highest BCUT2D eigenvalue weighted by Gasteiger charge is 2.14. The standard InChI is InChI=1S/C31H40O2/c1-23(2)11-9-13-25(5)17-20-30(21-26(6)14-10-12-24(3)4)33-31(32)29-19-18-27-15-7-8-16-28(27)22-29/h7-8,11-12,15-19,21-22,30H,9-10,13-14,20H2,1-6H3/b25-17+,26-21+. The molecule has 0 aliphatic heterocycles. The second-order valence-corrected chi connectivity index (χ2v) is 9.45. The molecule has 2 rings (SSSR count). The van der Waals surface area contributed by atoms with E-state index in [4.69, 9.17) is 4.74 Å². The second kappa shape index (κ2) is 13.6. The Bertz CT molecular complexity index is 1040. The van der Waals surface area contributed by atoms with Gasteiger partial charge in [0.05, 0.1) is 5.56 Å². The van der Waals surface area contributed by atoms with Crippen molar-refractivity contribution in [2.24, 2.45) is 0 Å². The van der Waals surface area contributed by atoms with Gasteiger partial charge >= 0.3 is 5.97 Å². The van der Waals surface area contributed by atoms with Crippen molar-refractivity contribution in [1.82, 2.24) is 0 Å². The van der Waals surface area contributed by atoms with Crippen LogP contribution in [-0.4, -0.2) is 12.1 Å². The van der Waals surface area contributed by atoms with Crippen molar-refractivity contribution in [1.29, 1.82) is 0 Å². The molecule has 0 radical (unpaired) electrons. The predicted octanol–water partition coefficient (Wildman–Crippen LogP) is 9.14. The van der Waals surface area contributed by atoms with E-state index in [-0.39, 0.29) is 12.1 Å². The third-order valence-electron chi connectivity index (χ3n) is 5.60. The number of rotatable bonds is 11. The number of hydrogen-bond donors (Lipinski definition) is 0. The fraction of sp³-hybridized carbons (Fsp3) is 0.387. The lowest BCUT2D eigenvalue weighted by atomic mass is 10.0. The number of ether oxygens (including phenoxy) is 1. The van der Waals surface area contributed by atoms with Gasteiger partial charge in [0.1, 0.15) is 6.10 Å². The molecule has 1 atom stereocenters. The van der Waals surface area contributed by atoms with Gasteiger partial charge in [-0.25, -0.2) is 4.79 Å². The fourth-order valence-electron chi connectivity index (χ4n) is 3.67. The van der Waals surface area contributed by atoms with Crippen LogP contribution >= 0.6 is 0 Å². The summed E-state index contributed by atoms with van der Waals surface area (Å²) in [6, 6.07) is 13.8. The highest BCUT2D eigenvalue weighted by atomic mass is 16.5. The molecule has 33 heavy (non-hydrogen) atoms. The first-order valence-corrected chi connectivity index (χ1v) is 12.0. The number of hydrogen-bond acceptors (Lipinski definition) is 2. The number of carbonyl (C=O) groups is 1. The molecule has 0 N–H and O–H groups in total. The molecule has 176 valence electrons. The second-order valence-electron chi connectivity index (χ2n) is 9.45. The smallest absolute Gasteiger partial charge is 0.338 e. The zero-order valence-electron chi connectivity index (χ0n) is 21.3. The van der Waals surface area contributed by atoms with Gasteiger partial charge in [-0.05, 0) is 96.2 Å². The lowest BCUT2D eigenvalue weighted by Crippen LogP contribution is -2.16. The summed E-state index contributed by atoms with van der Waals surface area (Å²) in [5.41, 5.74) is 5.85. The maximum atomic E-state index is 13.0. The van der Waals surface area contributed by atoms with Gasteiger partial charge in [0.25, 0.3) is 0 Å². The fourth-order valence-corrected chi connectivity index (χ4v) is 3.67. The summed E-state index contributed by atoms with van der Waals surface area (Å²) in [6.07, 6.45) is 13.3. The van der Waals surface area contributed by atoms with E-state index in [1.165, 1.54) is 22.3 Å². The van der Waals surface area contributed by atoms with Gasteiger partial charge in [0, 0.05) is 6.42 Å². The predicted molar refractivity (Wildman–Crippen MR) is 143 cm³/mol. The average Bonchev–Trinajstić information content (AvgIpc) is 2.76. The average molecular weight is 445 g/mol. The molecule has 1 unspecified atom stereocenters. The van der Waals surface area contributed by atoms with Gasteiger partial charge in [-0.2, -0.15) is 0 Å². The van der Waals surface area contributed by atoms with Crippen LogP contribution in [0.1, 0.15) is 84.0 Å². The Morgan fingerprint density at radius 2 is 1.39 bits per heavy atom. The van der Waals surface area contributed by atoms with Crippen molar-refractivity contribution >= 4 is 16.7 Å². The van der Waals surface area contributed by atoms with Crippen LogP contribution in [-0.2, 0) is 4.74 Å². The van der Waals surface area contributed by atoms with Crippen LogP contribution in [0.3, 0.4) is 0 Å². The molecule has 0 fully saturated rings. The molecule has 0 amide bonds. The monoisotopic (exact) mass is 444 g/mol. The normalized spacial score (nSPS) is 12.9. The molecule has 0 aromatic heterocycles. The van der Waals surface area contributed by atoms with Gasteiger partial charge in [-0.15, -0.1) is 0 Å². The molecule has 0 aliphatic carbocycles. The summed E-state index contributed by atoms with van der Waals surface area (Å²) in [5.74, 6) is -0.269. The van der Waals surface area contributed by atoms with Crippen LogP contribution in [0.15, 0.2) is 89.1 Å². The zero-order valence-corrected chi connectivity index (χ0v) is 21.3. The highest BCUT2D eigenvalue weighted by molar-refractivity contribution is 5.95. The Labute approximate surface area is 200 Å². The first-order chi connectivity index (χ1) is 15.7. The summed E-state index contributed by atoms with van der Waals surface area (Å²) < 4.78 is 5.99. The summed E-state index contributed by atoms with van der Waals surface area (Å²) in [7, 11) is 0.